The van der Waals surface area contributed by atoms with E-state index in [0.29, 0.717) is 29.8 Å². The third kappa shape index (κ3) is 4.95. The number of nitrogens with one attached hydrogen (secondary N) is 1. The summed E-state index contributed by atoms with van der Waals surface area (Å²) in [6.45, 7) is 5.12. The highest BCUT2D eigenvalue weighted by Crippen LogP contribution is 2.30. The average Bonchev–Trinajstić information content (AvgIpc) is 3.03. The number of hydrogen-bond donors (Lipinski definition) is 1. The lowest BCUT2D eigenvalue weighted by atomic mass is 9.98. The molecule has 2 aromatic rings. The van der Waals surface area contributed by atoms with Crippen molar-refractivity contribution in [1.82, 2.24) is 5.32 Å². The van der Waals surface area contributed by atoms with E-state index in [1.165, 1.54) is 5.56 Å². The minimum atomic E-state index is -0.380. The van der Waals surface area contributed by atoms with Gasteiger partial charge in [-0.25, -0.2) is 0 Å². The van der Waals surface area contributed by atoms with Crippen LogP contribution in [0.5, 0.6) is 11.5 Å². The van der Waals surface area contributed by atoms with E-state index in [4.69, 9.17) is 9.47 Å². The summed E-state index contributed by atoms with van der Waals surface area (Å²) in [5.41, 5.74) is 1.94. The van der Waals surface area contributed by atoms with Crippen LogP contribution in [0.1, 0.15) is 37.3 Å². The molecule has 0 radical (unpaired) electrons. The first kappa shape index (κ1) is 20.0. The van der Waals surface area contributed by atoms with Gasteiger partial charge in [0.25, 0.3) is 11.1 Å². The summed E-state index contributed by atoms with van der Waals surface area (Å²) < 4.78 is 11.8. The maximum atomic E-state index is 11.7. The molecule has 146 valence electrons. The molecule has 1 aliphatic heterocycles. The van der Waals surface area contributed by atoms with E-state index in [0.717, 1.165) is 29.5 Å². The number of imide groups is 1. The van der Waals surface area contributed by atoms with E-state index in [2.05, 4.69) is 25.2 Å². The van der Waals surface area contributed by atoms with Gasteiger partial charge in [-0.15, -0.1) is 0 Å². The number of ether oxygens (including phenoxy) is 2. The number of benzene rings is 2. The third-order valence-corrected chi connectivity index (χ3v) is 5.32. The van der Waals surface area contributed by atoms with Crippen molar-refractivity contribution in [2.75, 3.05) is 13.2 Å². The second-order valence-electron chi connectivity index (χ2n) is 6.43. The molecule has 0 aromatic heterocycles. The minimum Gasteiger partial charge on any atom is -0.490 e. The van der Waals surface area contributed by atoms with Crippen LogP contribution in [-0.4, -0.2) is 24.4 Å². The first-order chi connectivity index (χ1) is 13.6. The van der Waals surface area contributed by atoms with Crippen molar-refractivity contribution in [3.63, 3.8) is 0 Å². The second kappa shape index (κ2) is 9.46. The lowest BCUT2D eigenvalue weighted by Gasteiger charge is -2.16. The van der Waals surface area contributed by atoms with Gasteiger partial charge >= 0.3 is 0 Å². The van der Waals surface area contributed by atoms with Gasteiger partial charge in [-0.1, -0.05) is 50.2 Å². The van der Waals surface area contributed by atoms with Crippen LogP contribution in [-0.2, 0) is 4.79 Å². The van der Waals surface area contributed by atoms with Crippen LogP contribution in [0.4, 0.5) is 4.79 Å². The largest absolute Gasteiger partial charge is 0.490 e. The highest BCUT2D eigenvalue weighted by atomic mass is 32.2. The number of hydrogen-bond acceptors (Lipinski definition) is 5. The molecule has 5 nitrogen and oxygen atoms in total. The molecule has 1 fully saturated rings. The molecule has 0 unspecified atom stereocenters. The van der Waals surface area contributed by atoms with Crippen LogP contribution < -0.4 is 14.8 Å². The number of carbonyl (C=O) groups is 2. The fourth-order valence-corrected chi connectivity index (χ4v) is 3.51. The standard InChI is InChI=1S/C22H23NO4S/c1-3-15(2)17-9-5-7-11-19(17)27-13-12-26-18-10-6-4-8-16(18)14-20-21(24)23-22(25)28-20/h4-11,14-15H,3,12-13H2,1-2H3,(H,23,24,25)/b20-14+/t15-/m1/s1. The Morgan fingerprint density at radius 3 is 2.32 bits per heavy atom. The van der Waals surface area contributed by atoms with Gasteiger partial charge in [-0.3, -0.25) is 14.9 Å². The summed E-state index contributed by atoms with van der Waals surface area (Å²) in [4.78, 5) is 23.4. The van der Waals surface area contributed by atoms with Crippen LogP contribution in [0.2, 0.25) is 0 Å². The molecule has 1 atom stereocenters. The van der Waals surface area contributed by atoms with Gasteiger partial charge in [0.1, 0.15) is 24.7 Å². The molecule has 0 saturated carbocycles. The van der Waals surface area contributed by atoms with Crippen LogP contribution in [0, 0.1) is 0 Å². The van der Waals surface area contributed by atoms with Crippen LogP contribution in [0.25, 0.3) is 6.08 Å². The number of amides is 2. The lowest BCUT2D eigenvalue weighted by molar-refractivity contribution is -0.115. The normalized spacial score (nSPS) is 16.1. The molecule has 1 aliphatic rings. The molecular weight excluding hydrogens is 374 g/mol. The Hall–Kier alpha value is -2.73. The van der Waals surface area contributed by atoms with E-state index >= 15 is 0 Å². The molecule has 2 aromatic carbocycles. The van der Waals surface area contributed by atoms with Gasteiger partial charge in [0.05, 0.1) is 4.91 Å². The maximum absolute atomic E-state index is 11.7. The highest BCUT2D eigenvalue weighted by molar-refractivity contribution is 8.18. The molecule has 0 bridgehead atoms. The molecular formula is C22H23NO4S. The summed E-state index contributed by atoms with van der Waals surface area (Å²) in [6, 6.07) is 15.5. The van der Waals surface area contributed by atoms with Gasteiger partial charge in [0.2, 0.25) is 0 Å². The van der Waals surface area contributed by atoms with Crippen LogP contribution in [0.15, 0.2) is 53.4 Å². The van der Waals surface area contributed by atoms with Crippen molar-refractivity contribution in [3.05, 3.63) is 64.6 Å². The Kier molecular flexibility index (Phi) is 6.76. The summed E-state index contributed by atoms with van der Waals surface area (Å²) >= 11 is 0.890. The number of thioether (sulfide) groups is 1. The topological polar surface area (TPSA) is 64.6 Å². The minimum absolute atomic E-state index is 0.358. The predicted octanol–water partition coefficient (Wildman–Crippen LogP) is 4.98. The lowest BCUT2D eigenvalue weighted by Crippen LogP contribution is -2.17. The Labute approximate surface area is 169 Å². The van der Waals surface area contributed by atoms with Crippen molar-refractivity contribution in [2.45, 2.75) is 26.2 Å². The molecule has 1 N–H and O–H groups in total. The summed E-state index contributed by atoms with van der Waals surface area (Å²) in [7, 11) is 0. The van der Waals surface area contributed by atoms with Crippen molar-refractivity contribution in [2.24, 2.45) is 0 Å². The SMILES string of the molecule is CC[C@@H](C)c1ccccc1OCCOc1ccccc1/C=C1/SC(=O)NC1=O. The van der Waals surface area contributed by atoms with E-state index in [1.807, 2.05) is 42.5 Å². The molecule has 3 rings (SSSR count). The van der Waals surface area contributed by atoms with Gasteiger partial charge in [-0.05, 0) is 47.9 Å². The number of carbonyl (C=O) groups excluding carboxylic acids is 2. The number of para-hydroxylation sites is 2. The Morgan fingerprint density at radius 1 is 1.00 bits per heavy atom. The average molecular weight is 397 g/mol. The smallest absolute Gasteiger partial charge is 0.290 e. The third-order valence-electron chi connectivity index (χ3n) is 4.51. The Bertz CT molecular complexity index is 894. The summed E-state index contributed by atoms with van der Waals surface area (Å²) in [5.74, 6) is 1.58. The van der Waals surface area contributed by atoms with Gasteiger partial charge < -0.3 is 9.47 Å². The molecule has 0 aliphatic carbocycles. The first-order valence-corrected chi connectivity index (χ1v) is 10.1. The molecule has 1 heterocycles. The summed E-state index contributed by atoms with van der Waals surface area (Å²) in [6.07, 6.45) is 2.71. The van der Waals surface area contributed by atoms with Gasteiger partial charge in [0.15, 0.2) is 0 Å². The van der Waals surface area contributed by atoms with E-state index in [-0.39, 0.29) is 11.1 Å². The van der Waals surface area contributed by atoms with Crippen LogP contribution in [0.3, 0.4) is 0 Å². The highest BCUT2D eigenvalue weighted by Gasteiger charge is 2.25. The quantitative estimate of drug-likeness (QED) is 0.503. The van der Waals surface area contributed by atoms with E-state index < -0.39 is 0 Å². The molecule has 0 spiro atoms. The van der Waals surface area contributed by atoms with E-state index in [1.54, 1.807) is 6.08 Å². The Balaban J connectivity index is 1.62. The molecule has 28 heavy (non-hydrogen) atoms. The maximum Gasteiger partial charge on any atom is 0.290 e. The fourth-order valence-electron chi connectivity index (χ4n) is 2.84. The second-order valence-corrected chi connectivity index (χ2v) is 7.45. The zero-order chi connectivity index (χ0) is 19.9. The first-order valence-electron chi connectivity index (χ1n) is 9.27. The number of rotatable bonds is 8. The van der Waals surface area contributed by atoms with Gasteiger partial charge in [0, 0.05) is 5.56 Å². The molecule has 2 amide bonds. The Morgan fingerprint density at radius 2 is 1.64 bits per heavy atom. The molecule has 6 heteroatoms. The fraction of sp³-hybridized carbons (Fsp3) is 0.273. The summed E-state index contributed by atoms with van der Waals surface area (Å²) in [5, 5.41) is 1.89. The zero-order valence-electron chi connectivity index (χ0n) is 15.9. The monoisotopic (exact) mass is 397 g/mol. The van der Waals surface area contributed by atoms with E-state index in [9.17, 15) is 9.59 Å². The van der Waals surface area contributed by atoms with Crippen LogP contribution >= 0.6 is 11.8 Å². The van der Waals surface area contributed by atoms with Crippen molar-refractivity contribution in [3.8, 4) is 11.5 Å². The van der Waals surface area contributed by atoms with Crippen molar-refractivity contribution in [1.29, 1.82) is 0 Å². The molecule has 1 saturated heterocycles. The zero-order valence-corrected chi connectivity index (χ0v) is 16.8. The van der Waals surface area contributed by atoms with Gasteiger partial charge in [-0.2, -0.15) is 0 Å². The van der Waals surface area contributed by atoms with Crippen molar-refractivity contribution >= 4 is 29.0 Å². The predicted molar refractivity (Wildman–Crippen MR) is 112 cm³/mol. The van der Waals surface area contributed by atoms with Crippen molar-refractivity contribution < 1.29 is 19.1 Å².